The lowest BCUT2D eigenvalue weighted by Crippen LogP contribution is -2.41. The Labute approximate surface area is 131 Å². The number of carbonyl (C=O) groups is 1. The minimum absolute atomic E-state index is 0.0956. The molecule has 110 valence electrons. The van der Waals surface area contributed by atoms with E-state index in [-0.39, 0.29) is 11.8 Å². The van der Waals surface area contributed by atoms with Gasteiger partial charge in [-0.25, -0.2) is 0 Å². The van der Waals surface area contributed by atoms with Crippen molar-refractivity contribution < 1.29 is 4.79 Å². The molecule has 2 heterocycles. The van der Waals surface area contributed by atoms with Crippen molar-refractivity contribution in [1.82, 2.24) is 4.98 Å². The van der Waals surface area contributed by atoms with E-state index >= 15 is 0 Å². The number of nitrogen functional groups attached to an aromatic ring is 1. The maximum absolute atomic E-state index is 11.4. The van der Waals surface area contributed by atoms with Crippen molar-refractivity contribution in [1.29, 1.82) is 0 Å². The van der Waals surface area contributed by atoms with Crippen molar-refractivity contribution in [3.8, 4) is 0 Å². The van der Waals surface area contributed by atoms with E-state index < -0.39 is 0 Å². The standard InChI is InChI=1S/C15H17BrN4O/c16-10-6-11-12(17)3-4-13(14(11)19-7-10)20-5-1-2-9(8-20)15(18)21/h3-4,6-7,9H,1-2,5,8,17H2,(H2,18,21). The molecule has 0 aliphatic carbocycles. The lowest BCUT2D eigenvalue weighted by Gasteiger charge is -2.33. The van der Waals surface area contributed by atoms with Crippen LogP contribution < -0.4 is 16.4 Å². The summed E-state index contributed by atoms with van der Waals surface area (Å²) in [7, 11) is 0. The number of rotatable bonds is 2. The molecule has 0 radical (unpaired) electrons. The quantitative estimate of drug-likeness (QED) is 0.815. The van der Waals surface area contributed by atoms with Gasteiger partial charge < -0.3 is 16.4 Å². The Morgan fingerprint density at radius 1 is 1.43 bits per heavy atom. The van der Waals surface area contributed by atoms with Gasteiger partial charge in [-0.15, -0.1) is 0 Å². The highest BCUT2D eigenvalue weighted by Gasteiger charge is 2.25. The molecule has 21 heavy (non-hydrogen) atoms. The number of nitrogens with zero attached hydrogens (tertiary/aromatic N) is 2. The molecule has 0 bridgehead atoms. The number of halogens is 1. The van der Waals surface area contributed by atoms with Crippen molar-refractivity contribution in [2.24, 2.45) is 11.7 Å². The number of aromatic nitrogens is 1. The lowest BCUT2D eigenvalue weighted by molar-refractivity contribution is -0.122. The van der Waals surface area contributed by atoms with Gasteiger partial charge in [0.05, 0.1) is 17.1 Å². The molecule has 1 aromatic carbocycles. The molecular formula is C15H17BrN4O. The third-order valence-corrected chi connectivity index (χ3v) is 4.43. The predicted octanol–water partition coefficient (Wildman–Crippen LogP) is 2.28. The van der Waals surface area contributed by atoms with E-state index in [2.05, 4.69) is 25.8 Å². The maximum Gasteiger partial charge on any atom is 0.222 e. The number of nitrogens with two attached hydrogens (primary N) is 2. The molecule has 1 aliphatic heterocycles. The molecule has 1 aliphatic rings. The highest BCUT2D eigenvalue weighted by Crippen LogP contribution is 2.33. The molecule has 5 nitrogen and oxygen atoms in total. The molecule has 1 unspecified atom stereocenters. The van der Waals surface area contributed by atoms with Gasteiger partial charge in [0, 0.05) is 34.8 Å². The van der Waals surface area contributed by atoms with Gasteiger partial charge in [-0.1, -0.05) is 0 Å². The second-order valence-corrected chi connectivity index (χ2v) is 6.33. The van der Waals surface area contributed by atoms with Crippen LogP contribution in [0, 0.1) is 5.92 Å². The molecule has 0 saturated carbocycles. The molecule has 1 atom stereocenters. The number of piperidine rings is 1. The van der Waals surface area contributed by atoms with Gasteiger partial charge in [-0.2, -0.15) is 0 Å². The molecule has 2 aromatic rings. The number of fused-ring (bicyclic) bond motifs is 1. The van der Waals surface area contributed by atoms with Crippen molar-refractivity contribution in [3.05, 3.63) is 28.9 Å². The zero-order valence-electron chi connectivity index (χ0n) is 11.6. The van der Waals surface area contributed by atoms with Crippen LogP contribution in [0.15, 0.2) is 28.9 Å². The number of hydrogen-bond donors (Lipinski definition) is 2. The van der Waals surface area contributed by atoms with Crippen LogP contribution in [0.2, 0.25) is 0 Å². The van der Waals surface area contributed by atoms with Crippen LogP contribution in [0.5, 0.6) is 0 Å². The van der Waals surface area contributed by atoms with E-state index in [0.717, 1.165) is 40.4 Å². The first-order valence-corrected chi connectivity index (χ1v) is 7.73. The summed E-state index contributed by atoms with van der Waals surface area (Å²) in [5.74, 6) is -0.322. The zero-order valence-corrected chi connectivity index (χ0v) is 13.1. The SMILES string of the molecule is NC(=O)C1CCCN(c2ccc(N)c3cc(Br)cnc23)C1. The van der Waals surface area contributed by atoms with Gasteiger partial charge in [0.25, 0.3) is 0 Å². The van der Waals surface area contributed by atoms with Crippen molar-refractivity contribution >= 4 is 44.1 Å². The van der Waals surface area contributed by atoms with E-state index in [0.29, 0.717) is 12.2 Å². The normalized spacial score (nSPS) is 18.9. The smallest absolute Gasteiger partial charge is 0.222 e. The van der Waals surface area contributed by atoms with Gasteiger partial charge in [-0.05, 0) is 47.0 Å². The van der Waals surface area contributed by atoms with E-state index in [4.69, 9.17) is 11.5 Å². The summed E-state index contributed by atoms with van der Waals surface area (Å²) in [4.78, 5) is 18.1. The number of primary amides is 1. The minimum atomic E-state index is -0.227. The third kappa shape index (κ3) is 2.68. The molecule has 1 aromatic heterocycles. The van der Waals surface area contributed by atoms with Crippen LogP contribution in [0.4, 0.5) is 11.4 Å². The Morgan fingerprint density at radius 3 is 3.00 bits per heavy atom. The van der Waals surface area contributed by atoms with Gasteiger partial charge in [0.1, 0.15) is 0 Å². The number of pyridine rings is 1. The molecular weight excluding hydrogens is 332 g/mol. The van der Waals surface area contributed by atoms with Gasteiger partial charge in [0.2, 0.25) is 5.91 Å². The summed E-state index contributed by atoms with van der Waals surface area (Å²) in [5.41, 5.74) is 14.1. The second-order valence-electron chi connectivity index (χ2n) is 5.41. The van der Waals surface area contributed by atoms with Crippen LogP contribution in [-0.2, 0) is 4.79 Å². The van der Waals surface area contributed by atoms with Crippen LogP contribution in [0.1, 0.15) is 12.8 Å². The Balaban J connectivity index is 2.04. The van der Waals surface area contributed by atoms with Crippen molar-refractivity contribution in [3.63, 3.8) is 0 Å². The number of benzene rings is 1. The van der Waals surface area contributed by atoms with Crippen molar-refractivity contribution in [2.45, 2.75) is 12.8 Å². The topological polar surface area (TPSA) is 85.2 Å². The fourth-order valence-electron chi connectivity index (χ4n) is 2.88. The largest absolute Gasteiger partial charge is 0.398 e. The monoisotopic (exact) mass is 348 g/mol. The highest BCUT2D eigenvalue weighted by molar-refractivity contribution is 9.10. The Kier molecular flexibility index (Phi) is 3.71. The Morgan fingerprint density at radius 2 is 2.24 bits per heavy atom. The van der Waals surface area contributed by atoms with Crippen LogP contribution in [-0.4, -0.2) is 24.0 Å². The Bertz CT molecular complexity index is 703. The highest BCUT2D eigenvalue weighted by atomic mass is 79.9. The molecule has 6 heteroatoms. The molecule has 1 amide bonds. The second kappa shape index (κ2) is 5.52. The van der Waals surface area contributed by atoms with Gasteiger partial charge in [-0.3, -0.25) is 9.78 Å². The van der Waals surface area contributed by atoms with Crippen LogP contribution in [0.25, 0.3) is 10.9 Å². The number of carbonyl (C=O) groups excluding carboxylic acids is 1. The van der Waals surface area contributed by atoms with Crippen LogP contribution >= 0.6 is 15.9 Å². The van der Waals surface area contributed by atoms with Crippen molar-refractivity contribution in [2.75, 3.05) is 23.7 Å². The average Bonchev–Trinajstić information content (AvgIpc) is 2.48. The Hall–Kier alpha value is -1.82. The van der Waals surface area contributed by atoms with Gasteiger partial charge in [0.15, 0.2) is 0 Å². The fraction of sp³-hybridized carbons (Fsp3) is 0.333. The summed E-state index contributed by atoms with van der Waals surface area (Å²) < 4.78 is 0.896. The summed E-state index contributed by atoms with van der Waals surface area (Å²) in [6.07, 6.45) is 3.58. The van der Waals surface area contributed by atoms with E-state index in [1.54, 1.807) is 6.20 Å². The predicted molar refractivity (Wildman–Crippen MR) is 88.0 cm³/mol. The minimum Gasteiger partial charge on any atom is -0.398 e. The molecule has 1 saturated heterocycles. The lowest BCUT2D eigenvalue weighted by atomic mass is 9.96. The molecule has 0 spiro atoms. The summed E-state index contributed by atoms with van der Waals surface area (Å²) in [6.45, 7) is 1.55. The number of hydrogen-bond acceptors (Lipinski definition) is 4. The third-order valence-electron chi connectivity index (χ3n) is 3.99. The van der Waals surface area contributed by atoms with E-state index in [1.807, 2.05) is 18.2 Å². The zero-order chi connectivity index (χ0) is 15.0. The first-order chi connectivity index (χ1) is 10.1. The first kappa shape index (κ1) is 14.1. The fourth-order valence-corrected chi connectivity index (χ4v) is 3.22. The van der Waals surface area contributed by atoms with Gasteiger partial charge >= 0.3 is 0 Å². The average molecular weight is 349 g/mol. The molecule has 3 rings (SSSR count). The number of anilines is 2. The summed E-state index contributed by atoms with van der Waals surface area (Å²) in [6, 6.07) is 5.83. The van der Waals surface area contributed by atoms with E-state index in [9.17, 15) is 4.79 Å². The first-order valence-electron chi connectivity index (χ1n) is 6.94. The molecule has 4 N–H and O–H groups in total. The summed E-state index contributed by atoms with van der Waals surface area (Å²) in [5, 5.41) is 0.920. The number of amides is 1. The van der Waals surface area contributed by atoms with E-state index in [1.165, 1.54) is 0 Å². The maximum atomic E-state index is 11.4. The van der Waals surface area contributed by atoms with Crippen LogP contribution in [0.3, 0.4) is 0 Å². The summed E-state index contributed by atoms with van der Waals surface area (Å²) >= 11 is 3.42. The molecule has 1 fully saturated rings.